The van der Waals surface area contributed by atoms with Gasteiger partial charge in [0.05, 0.1) is 6.54 Å². The van der Waals surface area contributed by atoms with Gasteiger partial charge >= 0.3 is 0 Å². The van der Waals surface area contributed by atoms with E-state index < -0.39 is 0 Å². The second-order valence-electron chi connectivity index (χ2n) is 2.33. The van der Waals surface area contributed by atoms with Crippen LogP contribution < -0.4 is 11.3 Å². The first kappa shape index (κ1) is 8.17. The van der Waals surface area contributed by atoms with Gasteiger partial charge in [-0.25, -0.2) is 0 Å². The summed E-state index contributed by atoms with van der Waals surface area (Å²) in [6.45, 7) is 0.786. The zero-order valence-corrected chi connectivity index (χ0v) is 6.18. The van der Waals surface area contributed by atoms with E-state index in [4.69, 9.17) is 5.73 Å². The molecule has 0 saturated heterocycles. The maximum atomic E-state index is 11.6. The highest BCUT2D eigenvalue weighted by Crippen LogP contribution is 2.02. The Balaban J connectivity index is 2.66. The lowest BCUT2D eigenvalue weighted by Crippen LogP contribution is -2.00. The number of nitrogens with two attached hydrogens (primary N) is 1. The third-order valence-corrected chi connectivity index (χ3v) is 1.53. The summed E-state index contributed by atoms with van der Waals surface area (Å²) >= 11 is 0. The molecule has 0 aliphatic rings. The summed E-state index contributed by atoms with van der Waals surface area (Å²) in [7, 11) is 0. The van der Waals surface area contributed by atoms with Crippen molar-refractivity contribution < 1.29 is 4.48 Å². The van der Waals surface area contributed by atoms with Crippen LogP contribution in [0, 0.1) is 0 Å². The van der Waals surface area contributed by atoms with E-state index >= 15 is 0 Å². The first-order valence-electron chi connectivity index (χ1n) is 3.48. The van der Waals surface area contributed by atoms with Gasteiger partial charge in [-0.3, -0.25) is 0 Å². The quantitative estimate of drug-likeness (QED) is 0.640. The molecule has 0 amide bonds. The molecule has 0 aliphatic carbocycles. The van der Waals surface area contributed by atoms with Crippen LogP contribution in [-0.2, 0) is 13.1 Å². The van der Waals surface area contributed by atoms with E-state index in [1.54, 1.807) is 5.54 Å². The molecule has 0 bridgehead atoms. The van der Waals surface area contributed by atoms with Crippen molar-refractivity contribution in [1.29, 1.82) is 0 Å². The fourth-order valence-electron chi connectivity index (χ4n) is 0.870. The van der Waals surface area contributed by atoms with E-state index in [2.05, 4.69) is 0 Å². The highest BCUT2D eigenvalue weighted by molar-refractivity contribution is 5.21. The molecule has 0 spiro atoms. The van der Waals surface area contributed by atoms with Gasteiger partial charge in [0.1, 0.15) is 0 Å². The lowest BCUT2D eigenvalue weighted by Gasteiger charge is -1.99. The van der Waals surface area contributed by atoms with E-state index in [0.29, 0.717) is 6.54 Å². The molecule has 0 aromatic heterocycles. The van der Waals surface area contributed by atoms with Gasteiger partial charge in [-0.05, 0) is 11.1 Å². The van der Waals surface area contributed by atoms with Crippen LogP contribution in [0.3, 0.4) is 0 Å². The summed E-state index contributed by atoms with van der Waals surface area (Å²) in [5.74, 6) is 0. The molecule has 0 atom stereocenters. The number of hydrogen-bond donors (Lipinski definition) is 2. The van der Waals surface area contributed by atoms with Crippen molar-refractivity contribution in [3.63, 3.8) is 0 Å². The number of nitrogens with one attached hydrogen (secondary N) is 1. The van der Waals surface area contributed by atoms with Crippen molar-refractivity contribution in [2.75, 3.05) is 0 Å². The van der Waals surface area contributed by atoms with Crippen LogP contribution in [0.15, 0.2) is 24.3 Å². The van der Waals surface area contributed by atoms with Crippen LogP contribution in [0.4, 0.5) is 4.48 Å². The lowest BCUT2D eigenvalue weighted by atomic mass is 10.1. The van der Waals surface area contributed by atoms with Crippen LogP contribution in [0.1, 0.15) is 11.1 Å². The van der Waals surface area contributed by atoms with Crippen molar-refractivity contribution >= 4 is 0 Å². The maximum Gasteiger partial charge on any atom is 0.0510 e. The predicted molar refractivity (Wildman–Crippen MR) is 42.3 cm³/mol. The first-order valence-corrected chi connectivity index (χ1v) is 3.48. The summed E-state index contributed by atoms with van der Waals surface area (Å²) in [4.78, 5) is 0. The Morgan fingerprint density at radius 2 is 1.73 bits per heavy atom. The van der Waals surface area contributed by atoms with Gasteiger partial charge in [0.25, 0.3) is 0 Å². The van der Waals surface area contributed by atoms with Crippen molar-refractivity contribution in [3.05, 3.63) is 35.4 Å². The Hall–Kier alpha value is -0.930. The fourth-order valence-corrected chi connectivity index (χ4v) is 0.870. The van der Waals surface area contributed by atoms with Gasteiger partial charge in [-0.2, -0.15) is 5.54 Å². The van der Waals surface area contributed by atoms with E-state index in [1.165, 1.54) is 0 Å². The second kappa shape index (κ2) is 4.05. The van der Waals surface area contributed by atoms with Crippen molar-refractivity contribution in [3.8, 4) is 0 Å². The zero-order chi connectivity index (χ0) is 8.10. The summed E-state index contributed by atoms with van der Waals surface area (Å²) in [5, 5.41) is 0. The summed E-state index contributed by atoms with van der Waals surface area (Å²) in [5.41, 5.74) is 8.96. The second-order valence-corrected chi connectivity index (χ2v) is 2.33. The van der Waals surface area contributed by atoms with Gasteiger partial charge in [0, 0.05) is 6.54 Å². The maximum absolute atomic E-state index is 11.6. The van der Waals surface area contributed by atoms with Crippen molar-refractivity contribution in [2.24, 2.45) is 5.73 Å². The molecule has 0 fully saturated rings. The van der Waals surface area contributed by atoms with Crippen molar-refractivity contribution in [1.82, 2.24) is 5.54 Å². The first-order chi connectivity index (χ1) is 5.36. The average Bonchev–Trinajstić information content (AvgIpc) is 2.07. The highest BCUT2D eigenvalue weighted by atomic mass is 19.2. The van der Waals surface area contributed by atoms with Crippen LogP contribution in [0.5, 0.6) is 0 Å². The number of rotatable bonds is 3. The normalized spacial score (nSPS) is 10.0. The molecular weight excluding hydrogens is 143 g/mol. The summed E-state index contributed by atoms with van der Waals surface area (Å²) in [6.07, 6.45) is 0. The Morgan fingerprint density at radius 3 is 2.18 bits per heavy atom. The smallest absolute Gasteiger partial charge is 0.0510 e. The molecule has 11 heavy (non-hydrogen) atoms. The van der Waals surface area contributed by atoms with E-state index in [-0.39, 0.29) is 6.54 Å². The van der Waals surface area contributed by atoms with Gasteiger partial charge in [0.15, 0.2) is 0 Å². The molecular formula is C8H11FN2. The Kier molecular flexibility index (Phi) is 3.01. The molecule has 1 aromatic carbocycles. The molecule has 0 heterocycles. The zero-order valence-electron chi connectivity index (χ0n) is 6.18. The Labute approximate surface area is 65.2 Å². The highest BCUT2D eigenvalue weighted by Gasteiger charge is 1.91. The van der Waals surface area contributed by atoms with Crippen LogP contribution in [0.2, 0.25) is 0 Å². The molecule has 3 N–H and O–H groups in total. The van der Waals surface area contributed by atoms with Gasteiger partial charge < -0.3 is 5.73 Å². The Bertz CT molecular complexity index is 208. The third kappa shape index (κ3) is 2.29. The van der Waals surface area contributed by atoms with E-state index in [0.717, 1.165) is 11.1 Å². The van der Waals surface area contributed by atoms with E-state index in [1.807, 2.05) is 24.3 Å². The van der Waals surface area contributed by atoms with Crippen molar-refractivity contribution in [2.45, 2.75) is 13.1 Å². The summed E-state index contributed by atoms with van der Waals surface area (Å²) in [6, 6.07) is 7.50. The molecule has 0 saturated carbocycles. The third-order valence-electron chi connectivity index (χ3n) is 1.53. The SMILES string of the molecule is NCc1ccc(CNF)cc1. The molecule has 0 unspecified atom stereocenters. The lowest BCUT2D eigenvalue weighted by molar-refractivity contribution is 0.330. The number of hydrogen-bond acceptors (Lipinski definition) is 2. The molecule has 1 rings (SSSR count). The Morgan fingerprint density at radius 1 is 1.18 bits per heavy atom. The van der Waals surface area contributed by atoms with Gasteiger partial charge in [0.2, 0.25) is 0 Å². The van der Waals surface area contributed by atoms with E-state index in [9.17, 15) is 4.48 Å². The minimum Gasteiger partial charge on any atom is -0.326 e. The number of halogens is 1. The average molecular weight is 154 g/mol. The molecule has 60 valence electrons. The minimum absolute atomic E-state index is 0.255. The fraction of sp³-hybridized carbons (Fsp3) is 0.250. The molecule has 3 heteroatoms. The van der Waals surface area contributed by atoms with Gasteiger partial charge in [-0.15, -0.1) is 4.48 Å². The topological polar surface area (TPSA) is 38.0 Å². The van der Waals surface area contributed by atoms with Crippen LogP contribution >= 0.6 is 0 Å². The molecule has 1 aromatic rings. The predicted octanol–water partition coefficient (Wildman–Crippen LogP) is 1.12. The van der Waals surface area contributed by atoms with Crippen LogP contribution in [0.25, 0.3) is 0 Å². The molecule has 2 nitrogen and oxygen atoms in total. The number of benzene rings is 1. The summed E-state index contributed by atoms with van der Waals surface area (Å²) < 4.78 is 11.6. The monoisotopic (exact) mass is 154 g/mol. The molecule has 0 radical (unpaired) electrons. The van der Waals surface area contributed by atoms with Gasteiger partial charge in [-0.1, -0.05) is 24.3 Å². The standard InChI is InChI=1S/C8H11FN2/c9-11-6-8-3-1-7(5-10)2-4-8/h1-4,11H,5-6,10H2. The minimum atomic E-state index is 0.255. The largest absolute Gasteiger partial charge is 0.326 e. The van der Waals surface area contributed by atoms with Crippen LogP contribution in [-0.4, -0.2) is 0 Å². The molecule has 0 aliphatic heterocycles.